The maximum Gasteiger partial charge on any atom is 0.253 e. The third-order valence-corrected chi connectivity index (χ3v) is 10.6. The molecule has 2 aliphatic carbocycles. The Morgan fingerprint density at radius 2 is 1.69 bits per heavy atom. The molecule has 1 fully saturated rings. The van der Waals surface area contributed by atoms with Gasteiger partial charge in [0.05, 0.1) is 48.7 Å². The second-order valence-corrected chi connectivity index (χ2v) is 14.0. The molecule has 16 nitrogen and oxygen atoms in total. The standard InChI is InChI=1S/C38H42N2O14.CH4/c1-18-33(46)22(39-16-19(42)7-4-3-5-12-40-26(44)10-11-27(40)45)13-28(53-18)54-24-15-38(51,25(43)17-41)14-21-30(24)37(50)32-31(35(21)48)34(47)20-8-6-9-23(52-2)29(20)36(32)49;/h6,8-11,18,22,24,28,33,39,41,46,48,50-51H,3-5,7,12-17H2,1-2H3;1H4/t18?,22?,24?,28-,33?,38+;/m1./s1. The van der Waals surface area contributed by atoms with E-state index in [-0.39, 0.29) is 79.0 Å². The zero-order chi connectivity index (χ0) is 39.1. The molecular formula is C39H46N2O14. The number of aliphatic hydroxyl groups excluding tert-OH is 2. The largest absolute Gasteiger partial charge is 0.507 e. The summed E-state index contributed by atoms with van der Waals surface area (Å²) in [4.78, 5) is 77.8. The van der Waals surface area contributed by atoms with E-state index in [1.807, 2.05) is 0 Å². The van der Waals surface area contributed by atoms with Gasteiger partial charge in [0.1, 0.15) is 35.2 Å². The molecular weight excluding hydrogens is 720 g/mol. The quantitative estimate of drug-likeness (QED) is 0.0770. The van der Waals surface area contributed by atoms with Crippen molar-refractivity contribution in [3.05, 3.63) is 63.7 Å². The van der Waals surface area contributed by atoms with Gasteiger partial charge in [-0.3, -0.25) is 33.7 Å². The fourth-order valence-electron chi connectivity index (χ4n) is 7.67. The number of phenols is 2. The van der Waals surface area contributed by atoms with Gasteiger partial charge in [-0.2, -0.15) is 0 Å². The van der Waals surface area contributed by atoms with Gasteiger partial charge in [-0.25, -0.2) is 0 Å². The van der Waals surface area contributed by atoms with Crippen LogP contribution in [0.3, 0.4) is 0 Å². The number of carbonyl (C=O) groups excluding carboxylic acids is 6. The van der Waals surface area contributed by atoms with Crippen molar-refractivity contribution in [2.75, 3.05) is 26.8 Å². The van der Waals surface area contributed by atoms with Gasteiger partial charge in [0.25, 0.3) is 11.8 Å². The number of phenolic OH excluding ortho intramolecular Hbond substituents is 2. The van der Waals surface area contributed by atoms with E-state index in [4.69, 9.17) is 14.2 Å². The molecule has 2 amide bonds. The van der Waals surface area contributed by atoms with E-state index < -0.39 is 95.7 Å². The minimum absolute atomic E-state index is 0. The molecule has 4 unspecified atom stereocenters. The van der Waals surface area contributed by atoms with Crippen molar-refractivity contribution in [2.45, 2.75) is 95.5 Å². The summed E-state index contributed by atoms with van der Waals surface area (Å²) >= 11 is 0. The van der Waals surface area contributed by atoms with Crippen molar-refractivity contribution in [1.29, 1.82) is 0 Å². The highest BCUT2D eigenvalue weighted by molar-refractivity contribution is 6.31. The van der Waals surface area contributed by atoms with Crippen LogP contribution < -0.4 is 10.1 Å². The molecule has 4 aliphatic rings. The number of hydrogen-bond acceptors (Lipinski definition) is 15. The fourth-order valence-corrected chi connectivity index (χ4v) is 7.67. The van der Waals surface area contributed by atoms with E-state index in [1.54, 1.807) is 6.92 Å². The summed E-state index contributed by atoms with van der Waals surface area (Å²) < 4.78 is 17.5. The lowest BCUT2D eigenvalue weighted by molar-refractivity contribution is -0.249. The lowest BCUT2D eigenvalue weighted by atomic mass is 9.72. The van der Waals surface area contributed by atoms with Crippen LogP contribution in [0.2, 0.25) is 0 Å². The van der Waals surface area contributed by atoms with Gasteiger partial charge in [-0.1, -0.05) is 26.0 Å². The number of ketones is 4. The number of aliphatic hydroxyl groups is 3. The van der Waals surface area contributed by atoms with Crippen LogP contribution in [0.5, 0.6) is 17.2 Å². The Balaban J connectivity index is 0.00000580. The summed E-state index contributed by atoms with van der Waals surface area (Å²) in [6.45, 7) is 0.655. The Kier molecular flexibility index (Phi) is 12.4. The van der Waals surface area contributed by atoms with E-state index in [1.165, 1.54) is 37.5 Å². The predicted octanol–water partition coefficient (Wildman–Crippen LogP) is 1.32. The minimum atomic E-state index is -2.33. The Morgan fingerprint density at radius 3 is 2.36 bits per heavy atom. The number of rotatable bonds is 14. The summed E-state index contributed by atoms with van der Waals surface area (Å²) in [5.74, 6) is -4.89. The number of carbonyl (C=O) groups is 6. The molecule has 55 heavy (non-hydrogen) atoms. The molecule has 6 N–H and O–H groups in total. The molecule has 296 valence electrons. The van der Waals surface area contributed by atoms with E-state index in [0.29, 0.717) is 19.3 Å². The second-order valence-electron chi connectivity index (χ2n) is 14.0. The molecule has 2 aromatic carbocycles. The van der Waals surface area contributed by atoms with Gasteiger partial charge < -0.3 is 45.1 Å². The van der Waals surface area contributed by atoms with Crippen LogP contribution in [-0.2, 0) is 35.1 Å². The minimum Gasteiger partial charge on any atom is -0.507 e. The van der Waals surface area contributed by atoms with Crippen molar-refractivity contribution >= 4 is 34.9 Å². The van der Waals surface area contributed by atoms with Crippen LogP contribution in [0, 0.1) is 0 Å². The van der Waals surface area contributed by atoms with E-state index in [0.717, 1.165) is 4.90 Å². The third kappa shape index (κ3) is 7.70. The van der Waals surface area contributed by atoms with Gasteiger partial charge in [0.15, 0.2) is 17.9 Å². The van der Waals surface area contributed by atoms with Crippen LogP contribution in [0.25, 0.3) is 0 Å². The van der Waals surface area contributed by atoms with Crippen LogP contribution in [0.4, 0.5) is 0 Å². The van der Waals surface area contributed by atoms with E-state index in [9.17, 15) is 54.3 Å². The highest BCUT2D eigenvalue weighted by Gasteiger charge is 2.50. The van der Waals surface area contributed by atoms with Crippen molar-refractivity contribution in [3.8, 4) is 17.2 Å². The Hall–Kier alpha value is -4.84. The van der Waals surface area contributed by atoms with Crippen molar-refractivity contribution in [1.82, 2.24) is 10.2 Å². The highest BCUT2D eigenvalue weighted by Crippen LogP contribution is 2.52. The summed E-state index contributed by atoms with van der Waals surface area (Å²) in [7, 11) is 1.31. The van der Waals surface area contributed by atoms with Crippen molar-refractivity contribution in [3.63, 3.8) is 0 Å². The van der Waals surface area contributed by atoms with E-state index >= 15 is 0 Å². The maximum absolute atomic E-state index is 13.9. The average Bonchev–Trinajstić information content (AvgIpc) is 3.47. The SMILES string of the molecule is C.COc1cccc2c1C(=O)c1c(O)c3c(c(O)c1C2=O)C[C@@](O)(C(=O)CO)CC3O[C@@H]1CC(NCC(=O)CCCCCN2C(=O)C=CC2=O)C(O)C(C)O1. The lowest BCUT2D eigenvalue weighted by Crippen LogP contribution is -2.55. The predicted molar refractivity (Wildman–Crippen MR) is 192 cm³/mol. The molecule has 2 heterocycles. The Morgan fingerprint density at radius 1 is 1.00 bits per heavy atom. The van der Waals surface area contributed by atoms with Gasteiger partial charge in [-0.15, -0.1) is 0 Å². The first-order valence-corrected chi connectivity index (χ1v) is 17.7. The average molecular weight is 767 g/mol. The normalized spacial score (nSPS) is 25.6. The molecule has 6 atom stereocenters. The zero-order valence-electron chi connectivity index (χ0n) is 29.7. The number of nitrogens with zero attached hydrogens (tertiary/aromatic N) is 1. The third-order valence-electron chi connectivity index (χ3n) is 10.6. The molecule has 16 heteroatoms. The van der Waals surface area contributed by atoms with Crippen LogP contribution >= 0.6 is 0 Å². The van der Waals surface area contributed by atoms with Crippen molar-refractivity contribution in [2.24, 2.45) is 0 Å². The molecule has 2 aliphatic heterocycles. The Labute approximate surface area is 316 Å². The number of ether oxygens (including phenoxy) is 3. The monoisotopic (exact) mass is 766 g/mol. The maximum atomic E-state index is 13.9. The number of methoxy groups -OCH3 is 1. The number of unbranched alkanes of at least 4 members (excludes halogenated alkanes) is 2. The Bertz CT molecular complexity index is 1920. The van der Waals surface area contributed by atoms with Crippen LogP contribution in [0.15, 0.2) is 30.4 Å². The van der Waals surface area contributed by atoms with Crippen LogP contribution in [-0.4, -0.2) is 122 Å². The number of Topliss-reactive ketones (excluding diaryl/α,β-unsaturated/α-hetero) is 2. The molecule has 1 saturated heterocycles. The fraction of sp³-hybridized carbons (Fsp3) is 0.487. The molecule has 0 spiro atoms. The number of hydrogen-bond donors (Lipinski definition) is 6. The van der Waals surface area contributed by atoms with E-state index in [2.05, 4.69) is 5.32 Å². The second kappa shape index (κ2) is 16.5. The van der Waals surface area contributed by atoms with Gasteiger partial charge in [0.2, 0.25) is 5.78 Å². The molecule has 0 bridgehead atoms. The molecule has 0 aromatic heterocycles. The van der Waals surface area contributed by atoms with Crippen LogP contribution in [0.1, 0.15) is 102 Å². The van der Waals surface area contributed by atoms with Gasteiger partial charge >= 0.3 is 0 Å². The molecule has 2 aromatic rings. The first-order chi connectivity index (χ1) is 25.7. The number of benzene rings is 2. The highest BCUT2D eigenvalue weighted by atomic mass is 16.7. The van der Waals surface area contributed by atoms with Gasteiger partial charge in [0, 0.05) is 67.1 Å². The zero-order valence-corrected chi connectivity index (χ0v) is 29.7. The van der Waals surface area contributed by atoms with Crippen molar-refractivity contribution < 1.29 is 68.5 Å². The molecule has 6 rings (SSSR count). The molecule has 0 radical (unpaired) electrons. The van der Waals surface area contributed by atoms with Gasteiger partial charge in [-0.05, 0) is 25.8 Å². The number of fused-ring (bicyclic) bond motifs is 3. The summed E-state index contributed by atoms with van der Waals surface area (Å²) in [5.41, 5.74) is -3.98. The topological polar surface area (TPSA) is 247 Å². The number of aromatic hydroxyl groups is 2. The first kappa shape index (κ1) is 41.3. The number of nitrogens with one attached hydrogen (secondary N) is 1. The summed E-state index contributed by atoms with van der Waals surface area (Å²) in [6, 6.07) is 3.58. The number of imide groups is 1. The first-order valence-electron chi connectivity index (χ1n) is 17.7. The number of amides is 2. The smallest absolute Gasteiger partial charge is 0.253 e. The summed E-state index contributed by atoms with van der Waals surface area (Å²) in [5, 5.41) is 58.5. The summed E-state index contributed by atoms with van der Waals surface area (Å²) in [6.07, 6.45) is -1.47. The molecule has 0 saturated carbocycles. The lowest BCUT2D eigenvalue weighted by Gasteiger charge is -2.43.